The topological polar surface area (TPSA) is 39.1 Å². The standard InChI is InChI=1S/C14H14BrNO2/c15-7-3-4-8-16-9-11-5-1-2-6-12(11)14(16)13(18)10-17/h1-2,5-6,9-10H,3-4,7-8H2. The number of hydrogen-bond donors (Lipinski definition) is 0. The molecule has 18 heavy (non-hydrogen) atoms. The second-order valence-electron chi connectivity index (χ2n) is 4.14. The maximum Gasteiger partial charge on any atom is 0.242 e. The third kappa shape index (κ3) is 2.53. The van der Waals surface area contributed by atoms with Gasteiger partial charge in [-0.05, 0) is 12.8 Å². The Balaban J connectivity index is 2.43. The van der Waals surface area contributed by atoms with E-state index in [1.807, 2.05) is 35.0 Å². The van der Waals surface area contributed by atoms with Gasteiger partial charge in [0.1, 0.15) is 5.69 Å². The van der Waals surface area contributed by atoms with Crippen LogP contribution < -0.4 is 0 Å². The average molecular weight is 308 g/mol. The summed E-state index contributed by atoms with van der Waals surface area (Å²) >= 11 is 3.39. The first-order chi connectivity index (χ1) is 8.77. The van der Waals surface area contributed by atoms with Crippen molar-refractivity contribution in [2.45, 2.75) is 19.4 Å². The number of aldehydes is 1. The van der Waals surface area contributed by atoms with Gasteiger partial charge in [-0.3, -0.25) is 9.59 Å². The number of carbonyl (C=O) groups is 2. The van der Waals surface area contributed by atoms with Gasteiger partial charge in [0.15, 0.2) is 6.29 Å². The van der Waals surface area contributed by atoms with Gasteiger partial charge in [0.05, 0.1) is 0 Å². The second-order valence-corrected chi connectivity index (χ2v) is 4.93. The van der Waals surface area contributed by atoms with Gasteiger partial charge in [0.25, 0.3) is 0 Å². The molecule has 2 rings (SSSR count). The van der Waals surface area contributed by atoms with Crippen molar-refractivity contribution in [1.82, 2.24) is 4.57 Å². The number of fused-ring (bicyclic) bond motifs is 1. The minimum Gasteiger partial charge on any atom is -0.344 e. The lowest BCUT2D eigenvalue weighted by molar-refractivity contribution is -0.104. The van der Waals surface area contributed by atoms with Gasteiger partial charge in [-0.2, -0.15) is 0 Å². The van der Waals surface area contributed by atoms with E-state index < -0.39 is 5.78 Å². The zero-order valence-electron chi connectivity index (χ0n) is 9.93. The molecule has 0 radical (unpaired) electrons. The number of carbonyl (C=O) groups excluding carboxylic acids is 2. The fraction of sp³-hybridized carbons (Fsp3) is 0.286. The van der Waals surface area contributed by atoms with E-state index in [9.17, 15) is 9.59 Å². The average Bonchev–Trinajstić information content (AvgIpc) is 2.76. The number of aryl methyl sites for hydroxylation is 1. The van der Waals surface area contributed by atoms with Crippen molar-refractivity contribution < 1.29 is 9.59 Å². The van der Waals surface area contributed by atoms with Gasteiger partial charge < -0.3 is 4.57 Å². The highest BCUT2D eigenvalue weighted by atomic mass is 79.9. The number of Topliss-reactive ketones (excluding diaryl/α,β-unsaturated/α-hetero) is 1. The molecule has 0 aliphatic rings. The number of aromatic nitrogens is 1. The summed E-state index contributed by atoms with van der Waals surface area (Å²) in [4.78, 5) is 22.5. The van der Waals surface area contributed by atoms with E-state index in [1.54, 1.807) is 0 Å². The number of unbranched alkanes of at least 4 members (excludes halogenated alkanes) is 1. The summed E-state index contributed by atoms with van der Waals surface area (Å²) in [6.45, 7) is 0.759. The smallest absolute Gasteiger partial charge is 0.242 e. The lowest BCUT2D eigenvalue weighted by atomic mass is 10.1. The third-order valence-corrected chi connectivity index (χ3v) is 3.48. The number of halogens is 1. The summed E-state index contributed by atoms with van der Waals surface area (Å²) < 4.78 is 1.89. The molecule has 0 saturated carbocycles. The quantitative estimate of drug-likeness (QED) is 0.270. The third-order valence-electron chi connectivity index (χ3n) is 2.92. The van der Waals surface area contributed by atoms with Crippen molar-refractivity contribution in [3.8, 4) is 0 Å². The van der Waals surface area contributed by atoms with E-state index in [0.717, 1.165) is 35.5 Å². The van der Waals surface area contributed by atoms with Gasteiger partial charge in [0, 0.05) is 28.8 Å². The highest BCUT2D eigenvalue weighted by Crippen LogP contribution is 2.22. The number of nitrogens with zero attached hydrogens (tertiary/aromatic N) is 1. The predicted molar refractivity (Wildman–Crippen MR) is 75.4 cm³/mol. The lowest BCUT2D eigenvalue weighted by Gasteiger charge is -2.05. The highest BCUT2D eigenvalue weighted by Gasteiger charge is 2.15. The SMILES string of the molecule is O=CC(=O)c1c2ccccc2cn1CCCCBr. The Morgan fingerprint density at radius 3 is 2.78 bits per heavy atom. The van der Waals surface area contributed by atoms with Crippen molar-refractivity contribution in [2.24, 2.45) is 0 Å². The summed E-state index contributed by atoms with van der Waals surface area (Å²) in [5.74, 6) is -0.449. The molecule has 0 bridgehead atoms. The molecule has 0 aliphatic heterocycles. The zero-order valence-corrected chi connectivity index (χ0v) is 11.5. The van der Waals surface area contributed by atoms with Crippen LogP contribution in [0.25, 0.3) is 10.8 Å². The summed E-state index contributed by atoms with van der Waals surface area (Å²) in [6, 6.07) is 7.65. The van der Waals surface area contributed by atoms with Crippen molar-refractivity contribution in [3.63, 3.8) is 0 Å². The van der Waals surface area contributed by atoms with E-state index in [2.05, 4.69) is 15.9 Å². The summed E-state index contributed by atoms with van der Waals surface area (Å²) in [5.41, 5.74) is 0.509. The molecule has 1 aromatic heterocycles. The Labute approximate surface area is 114 Å². The first kappa shape index (κ1) is 13.0. The minimum atomic E-state index is -0.449. The van der Waals surface area contributed by atoms with E-state index in [4.69, 9.17) is 0 Å². The Kier molecular flexibility index (Phi) is 4.31. The Morgan fingerprint density at radius 1 is 1.28 bits per heavy atom. The summed E-state index contributed by atoms with van der Waals surface area (Å²) in [5, 5.41) is 2.81. The molecule has 0 aliphatic carbocycles. The number of benzene rings is 1. The Hall–Kier alpha value is -1.42. The van der Waals surface area contributed by atoms with Crippen LogP contribution in [0.3, 0.4) is 0 Å². The van der Waals surface area contributed by atoms with Crippen LogP contribution in [0.1, 0.15) is 23.3 Å². The van der Waals surface area contributed by atoms with Crippen LogP contribution >= 0.6 is 15.9 Å². The van der Waals surface area contributed by atoms with Crippen LogP contribution in [0, 0.1) is 0 Å². The van der Waals surface area contributed by atoms with E-state index in [-0.39, 0.29) is 0 Å². The van der Waals surface area contributed by atoms with Crippen LogP contribution in [0.15, 0.2) is 30.5 Å². The highest BCUT2D eigenvalue weighted by molar-refractivity contribution is 9.09. The second kappa shape index (κ2) is 5.96. The fourth-order valence-corrected chi connectivity index (χ4v) is 2.49. The molecule has 1 heterocycles. The van der Waals surface area contributed by atoms with Crippen LogP contribution in [0.4, 0.5) is 0 Å². The van der Waals surface area contributed by atoms with E-state index in [0.29, 0.717) is 12.0 Å². The molecule has 3 nitrogen and oxygen atoms in total. The fourth-order valence-electron chi connectivity index (χ4n) is 2.10. The van der Waals surface area contributed by atoms with Gasteiger partial charge in [-0.25, -0.2) is 0 Å². The van der Waals surface area contributed by atoms with Crippen molar-refractivity contribution in [3.05, 3.63) is 36.2 Å². The molecule has 0 fully saturated rings. The van der Waals surface area contributed by atoms with Crippen LogP contribution in [-0.2, 0) is 11.3 Å². The monoisotopic (exact) mass is 307 g/mol. The molecule has 1 aromatic carbocycles. The number of alkyl halides is 1. The lowest BCUT2D eigenvalue weighted by Crippen LogP contribution is -2.10. The van der Waals surface area contributed by atoms with Gasteiger partial charge in [-0.1, -0.05) is 40.2 Å². The van der Waals surface area contributed by atoms with Crippen LogP contribution in [-0.4, -0.2) is 22.0 Å². The summed E-state index contributed by atoms with van der Waals surface area (Å²) in [6.07, 6.45) is 4.36. The van der Waals surface area contributed by atoms with Crippen LogP contribution in [0.5, 0.6) is 0 Å². The molecule has 0 N–H and O–H groups in total. The molecule has 0 saturated heterocycles. The summed E-state index contributed by atoms with van der Waals surface area (Å²) in [7, 11) is 0. The minimum absolute atomic E-state index is 0.392. The zero-order chi connectivity index (χ0) is 13.0. The Bertz CT molecular complexity index is 574. The van der Waals surface area contributed by atoms with Crippen LogP contribution in [0.2, 0.25) is 0 Å². The van der Waals surface area contributed by atoms with Crippen molar-refractivity contribution in [2.75, 3.05) is 5.33 Å². The maximum atomic E-state index is 11.7. The molecule has 94 valence electrons. The number of hydrogen-bond acceptors (Lipinski definition) is 2. The first-order valence-corrected chi connectivity index (χ1v) is 7.03. The normalized spacial score (nSPS) is 10.7. The number of ketones is 1. The molecular formula is C14H14BrNO2. The molecular weight excluding hydrogens is 294 g/mol. The van der Waals surface area contributed by atoms with Crippen molar-refractivity contribution >= 4 is 38.8 Å². The van der Waals surface area contributed by atoms with E-state index >= 15 is 0 Å². The molecule has 0 amide bonds. The van der Waals surface area contributed by atoms with Gasteiger partial charge >= 0.3 is 0 Å². The first-order valence-electron chi connectivity index (χ1n) is 5.91. The number of rotatable bonds is 6. The molecule has 2 aromatic rings. The molecule has 0 unspecified atom stereocenters. The van der Waals surface area contributed by atoms with E-state index in [1.165, 1.54) is 0 Å². The largest absolute Gasteiger partial charge is 0.344 e. The van der Waals surface area contributed by atoms with Gasteiger partial charge in [-0.15, -0.1) is 0 Å². The maximum absolute atomic E-state index is 11.7. The predicted octanol–water partition coefficient (Wildman–Crippen LogP) is 3.20. The molecule has 4 heteroatoms. The Morgan fingerprint density at radius 2 is 2.06 bits per heavy atom. The van der Waals surface area contributed by atoms with Crippen molar-refractivity contribution in [1.29, 1.82) is 0 Å². The molecule has 0 spiro atoms. The van der Waals surface area contributed by atoms with Gasteiger partial charge in [0.2, 0.25) is 5.78 Å². The molecule has 0 atom stereocenters.